The van der Waals surface area contributed by atoms with Gasteiger partial charge >= 0.3 is 5.97 Å². The molecular formula is C14H12O7. The number of ether oxygens (including phenoxy) is 3. The van der Waals surface area contributed by atoms with Gasteiger partial charge in [0.25, 0.3) is 0 Å². The molecule has 3 heterocycles. The predicted octanol–water partition coefficient (Wildman–Crippen LogP) is 0.720. The number of Topliss-reactive ketones (excluding diaryl/α,β-unsaturated/α-hetero) is 1. The van der Waals surface area contributed by atoms with Crippen molar-refractivity contribution in [3.8, 4) is 17.2 Å². The zero-order chi connectivity index (χ0) is 14.9. The van der Waals surface area contributed by atoms with Crippen LogP contribution < -0.4 is 4.74 Å². The molecule has 1 aromatic rings. The summed E-state index contributed by atoms with van der Waals surface area (Å²) in [5.74, 6) is -2.93. The number of hydrogen-bond donors (Lipinski definition) is 2. The molecule has 2 N–H and O–H groups in total. The fourth-order valence-electron chi connectivity index (χ4n) is 3.33. The summed E-state index contributed by atoms with van der Waals surface area (Å²) in [5, 5.41) is 19.3. The standard InChI is InChI=1S/C14H12O7/c1-14-6(4-9(17)20-14)12-13(21-14)11(18)10-7(16)2-5(15)3-8(10)19-12/h2-3,6,12-13,15-16H,4H2,1H3. The fraction of sp³-hybridized carbons (Fsp3) is 0.429. The Labute approximate surface area is 119 Å². The van der Waals surface area contributed by atoms with E-state index in [4.69, 9.17) is 14.2 Å². The molecule has 4 rings (SSSR count). The predicted molar refractivity (Wildman–Crippen MR) is 66.0 cm³/mol. The van der Waals surface area contributed by atoms with Gasteiger partial charge in [0.05, 0.1) is 12.3 Å². The van der Waals surface area contributed by atoms with Crippen LogP contribution in [-0.2, 0) is 14.3 Å². The minimum Gasteiger partial charge on any atom is -0.508 e. The van der Waals surface area contributed by atoms with E-state index >= 15 is 0 Å². The summed E-state index contributed by atoms with van der Waals surface area (Å²) >= 11 is 0. The molecule has 110 valence electrons. The average molecular weight is 292 g/mol. The van der Waals surface area contributed by atoms with E-state index in [0.717, 1.165) is 6.07 Å². The molecule has 2 fully saturated rings. The molecule has 4 unspecified atom stereocenters. The van der Waals surface area contributed by atoms with Crippen LogP contribution >= 0.6 is 0 Å². The molecule has 3 aliphatic rings. The lowest BCUT2D eigenvalue weighted by Crippen LogP contribution is -2.42. The Kier molecular flexibility index (Phi) is 2.18. The van der Waals surface area contributed by atoms with Gasteiger partial charge in [-0.3, -0.25) is 9.59 Å². The van der Waals surface area contributed by atoms with Gasteiger partial charge in [-0.15, -0.1) is 0 Å². The third kappa shape index (κ3) is 1.52. The molecule has 0 bridgehead atoms. The van der Waals surface area contributed by atoms with Crippen molar-refractivity contribution in [2.75, 3.05) is 0 Å². The Morgan fingerprint density at radius 1 is 1.29 bits per heavy atom. The van der Waals surface area contributed by atoms with Crippen molar-refractivity contribution in [3.63, 3.8) is 0 Å². The number of benzene rings is 1. The van der Waals surface area contributed by atoms with Crippen LogP contribution in [0.3, 0.4) is 0 Å². The maximum atomic E-state index is 12.5. The normalized spacial score (nSPS) is 36.5. The first-order valence-corrected chi connectivity index (χ1v) is 6.55. The number of phenolic OH excluding ortho intramolecular Hbond substituents is 2. The molecule has 0 saturated carbocycles. The molecule has 7 heteroatoms. The number of fused-ring (bicyclic) bond motifs is 4. The SMILES string of the molecule is CC12OC(=O)CC1C1Oc3cc(O)cc(O)c3C(=O)C1O2. The van der Waals surface area contributed by atoms with Crippen molar-refractivity contribution in [1.29, 1.82) is 0 Å². The van der Waals surface area contributed by atoms with Crippen LogP contribution in [0.25, 0.3) is 0 Å². The maximum Gasteiger partial charge on any atom is 0.308 e. The number of rotatable bonds is 0. The Morgan fingerprint density at radius 3 is 2.81 bits per heavy atom. The van der Waals surface area contributed by atoms with E-state index in [9.17, 15) is 19.8 Å². The lowest BCUT2D eigenvalue weighted by atomic mass is 9.88. The highest BCUT2D eigenvalue weighted by atomic mass is 16.7. The minimum atomic E-state index is -1.19. The van der Waals surface area contributed by atoms with Crippen LogP contribution in [0.2, 0.25) is 0 Å². The molecule has 3 aliphatic heterocycles. The van der Waals surface area contributed by atoms with Gasteiger partial charge in [0.1, 0.15) is 28.9 Å². The number of ketones is 1. The van der Waals surface area contributed by atoms with Crippen molar-refractivity contribution in [2.24, 2.45) is 5.92 Å². The first-order valence-electron chi connectivity index (χ1n) is 6.55. The monoisotopic (exact) mass is 292 g/mol. The quantitative estimate of drug-likeness (QED) is 0.679. The number of carbonyl (C=O) groups excluding carboxylic acids is 2. The van der Waals surface area contributed by atoms with Gasteiger partial charge in [-0.1, -0.05) is 0 Å². The van der Waals surface area contributed by atoms with Crippen molar-refractivity contribution < 1.29 is 34.0 Å². The Bertz CT molecular complexity index is 682. The lowest BCUT2D eigenvalue weighted by molar-refractivity contribution is -0.201. The first kappa shape index (κ1) is 12.5. The molecule has 0 amide bonds. The van der Waals surface area contributed by atoms with E-state index in [-0.39, 0.29) is 29.2 Å². The molecular weight excluding hydrogens is 280 g/mol. The zero-order valence-electron chi connectivity index (χ0n) is 11.0. The number of phenols is 2. The van der Waals surface area contributed by atoms with E-state index in [1.54, 1.807) is 6.92 Å². The minimum absolute atomic E-state index is 0.0241. The molecule has 4 atom stereocenters. The number of aromatic hydroxyl groups is 2. The second-order valence-electron chi connectivity index (χ2n) is 5.62. The van der Waals surface area contributed by atoms with Gasteiger partial charge in [0.2, 0.25) is 11.6 Å². The summed E-state index contributed by atoms with van der Waals surface area (Å²) in [6, 6.07) is 2.33. The van der Waals surface area contributed by atoms with Gasteiger partial charge < -0.3 is 24.4 Å². The van der Waals surface area contributed by atoms with Gasteiger partial charge in [-0.25, -0.2) is 0 Å². The van der Waals surface area contributed by atoms with Crippen molar-refractivity contribution in [1.82, 2.24) is 0 Å². The van der Waals surface area contributed by atoms with E-state index in [1.165, 1.54) is 6.07 Å². The second-order valence-corrected chi connectivity index (χ2v) is 5.62. The molecule has 0 spiro atoms. The first-order chi connectivity index (χ1) is 9.89. The van der Waals surface area contributed by atoms with Crippen LogP contribution in [0.4, 0.5) is 0 Å². The number of carbonyl (C=O) groups is 2. The Hall–Kier alpha value is -2.28. The molecule has 7 nitrogen and oxygen atoms in total. The van der Waals surface area contributed by atoms with Crippen LogP contribution in [0, 0.1) is 5.92 Å². The maximum absolute atomic E-state index is 12.5. The van der Waals surface area contributed by atoms with Crippen molar-refractivity contribution in [2.45, 2.75) is 31.3 Å². The number of hydrogen-bond acceptors (Lipinski definition) is 7. The topological polar surface area (TPSA) is 102 Å². The van der Waals surface area contributed by atoms with E-state index in [1.807, 2.05) is 0 Å². The summed E-state index contributed by atoms with van der Waals surface area (Å²) in [5.41, 5.74) is -0.0241. The van der Waals surface area contributed by atoms with E-state index < -0.39 is 35.7 Å². The van der Waals surface area contributed by atoms with Crippen LogP contribution in [0.1, 0.15) is 23.7 Å². The summed E-state index contributed by atoms with van der Waals surface area (Å²) < 4.78 is 16.5. The zero-order valence-corrected chi connectivity index (χ0v) is 11.0. The highest BCUT2D eigenvalue weighted by Gasteiger charge is 2.64. The molecule has 0 radical (unpaired) electrons. The second kappa shape index (κ2) is 3.67. The summed E-state index contributed by atoms with van der Waals surface area (Å²) in [7, 11) is 0. The Balaban J connectivity index is 1.80. The van der Waals surface area contributed by atoms with Crippen molar-refractivity contribution >= 4 is 11.8 Å². The van der Waals surface area contributed by atoms with Gasteiger partial charge in [0.15, 0.2) is 6.10 Å². The van der Waals surface area contributed by atoms with Crippen LogP contribution in [0.15, 0.2) is 12.1 Å². The molecule has 0 aromatic heterocycles. The van der Waals surface area contributed by atoms with Gasteiger partial charge in [-0.05, 0) is 0 Å². The summed E-state index contributed by atoms with van der Waals surface area (Å²) in [6.45, 7) is 1.60. The average Bonchev–Trinajstić information content (AvgIpc) is 2.79. The molecule has 21 heavy (non-hydrogen) atoms. The van der Waals surface area contributed by atoms with Crippen LogP contribution in [-0.4, -0.2) is 40.0 Å². The lowest BCUT2D eigenvalue weighted by Gasteiger charge is -2.28. The fourth-order valence-corrected chi connectivity index (χ4v) is 3.33. The molecule has 2 saturated heterocycles. The highest BCUT2D eigenvalue weighted by Crippen LogP contribution is 2.50. The van der Waals surface area contributed by atoms with Gasteiger partial charge in [-0.2, -0.15) is 0 Å². The summed E-state index contributed by atoms with van der Waals surface area (Å²) in [4.78, 5) is 23.9. The Morgan fingerprint density at radius 2 is 2.05 bits per heavy atom. The van der Waals surface area contributed by atoms with E-state index in [0.29, 0.717) is 0 Å². The highest BCUT2D eigenvalue weighted by molar-refractivity contribution is 6.06. The van der Waals surface area contributed by atoms with E-state index in [2.05, 4.69) is 0 Å². The third-order valence-corrected chi connectivity index (χ3v) is 4.27. The molecule has 0 aliphatic carbocycles. The van der Waals surface area contributed by atoms with Crippen molar-refractivity contribution in [3.05, 3.63) is 17.7 Å². The van der Waals surface area contributed by atoms with Crippen LogP contribution in [0.5, 0.6) is 17.2 Å². The summed E-state index contributed by atoms with van der Waals surface area (Å²) in [6.07, 6.45) is -1.51. The van der Waals surface area contributed by atoms with Gasteiger partial charge in [0, 0.05) is 19.1 Å². The smallest absolute Gasteiger partial charge is 0.308 e. The number of esters is 1. The third-order valence-electron chi connectivity index (χ3n) is 4.27. The largest absolute Gasteiger partial charge is 0.508 e. The molecule has 1 aromatic carbocycles.